The van der Waals surface area contributed by atoms with Crippen LogP contribution in [0, 0.1) is 22.7 Å². The van der Waals surface area contributed by atoms with Gasteiger partial charge >= 0.3 is 0 Å². The summed E-state index contributed by atoms with van der Waals surface area (Å²) in [6.07, 6.45) is 20.0. The Morgan fingerprint density at radius 1 is 0.654 bits per heavy atom. The van der Waals surface area contributed by atoms with Crippen LogP contribution in [0.15, 0.2) is 0 Å². The van der Waals surface area contributed by atoms with Crippen molar-refractivity contribution in [3.05, 3.63) is 0 Å². The molecule has 4 nitrogen and oxygen atoms in total. The van der Waals surface area contributed by atoms with Crippen molar-refractivity contribution in [1.82, 2.24) is 4.90 Å². The third-order valence-corrected chi connectivity index (χ3v) is 4.87. The van der Waals surface area contributed by atoms with Gasteiger partial charge in [0.05, 0.1) is 12.1 Å². The quantitative estimate of drug-likeness (QED) is 0.218. The Hall–Kier alpha value is -1.55. The molecular weight excluding hydrogens is 322 g/mol. The maximum absolute atomic E-state index is 11.9. The van der Waals surface area contributed by atoms with Gasteiger partial charge in [-0.3, -0.25) is 4.79 Å². The van der Waals surface area contributed by atoms with Crippen molar-refractivity contribution in [2.75, 3.05) is 13.1 Å². The van der Waals surface area contributed by atoms with E-state index in [4.69, 9.17) is 10.5 Å². The Balaban J connectivity index is 3.32. The summed E-state index contributed by atoms with van der Waals surface area (Å²) in [6.45, 7) is 2.30. The molecule has 0 spiro atoms. The van der Waals surface area contributed by atoms with E-state index in [1.165, 1.54) is 88.4 Å². The highest BCUT2D eigenvalue weighted by Crippen LogP contribution is 2.14. The number of hydrogen-bond donors (Lipinski definition) is 0. The second kappa shape index (κ2) is 19.8. The molecule has 0 fully saturated rings. The zero-order valence-electron chi connectivity index (χ0n) is 17.0. The Labute approximate surface area is 161 Å². The van der Waals surface area contributed by atoms with E-state index in [-0.39, 0.29) is 19.0 Å². The zero-order valence-corrected chi connectivity index (χ0v) is 17.0. The molecule has 26 heavy (non-hydrogen) atoms. The van der Waals surface area contributed by atoms with Gasteiger partial charge in [0.15, 0.2) is 0 Å². The van der Waals surface area contributed by atoms with E-state index in [1.807, 2.05) is 12.1 Å². The molecule has 0 heterocycles. The van der Waals surface area contributed by atoms with Gasteiger partial charge in [-0.2, -0.15) is 10.5 Å². The number of carbonyl (C=O) groups excluding carboxylic acids is 1. The van der Waals surface area contributed by atoms with Crippen LogP contribution in [0.2, 0.25) is 0 Å². The van der Waals surface area contributed by atoms with Gasteiger partial charge in [-0.05, 0) is 6.42 Å². The van der Waals surface area contributed by atoms with Crippen LogP contribution in [0.1, 0.15) is 110 Å². The molecule has 0 saturated heterocycles. The van der Waals surface area contributed by atoms with Crippen molar-refractivity contribution in [2.45, 2.75) is 110 Å². The lowest BCUT2D eigenvalue weighted by Gasteiger charge is -2.15. The largest absolute Gasteiger partial charge is 0.316 e. The van der Waals surface area contributed by atoms with Gasteiger partial charge in [-0.25, -0.2) is 0 Å². The second-order valence-electron chi connectivity index (χ2n) is 7.27. The summed E-state index contributed by atoms with van der Waals surface area (Å²) in [6, 6.07) is 3.88. The first-order valence-corrected chi connectivity index (χ1v) is 10.8. The maximum atomic E-state index is 11.9. The average molecular weight is 362 g/mol. The molecule has 0 unspecified atom stereocenters. The molecule has 0 aliphatic rings. The Bertz CT molecular complexity index is 393. The third kappa shape index (κ3) is 15.9. The van der Waals surface area contributed by atoms with E-state index in [0.717, 1.165) is 12.8 Å². The lowest BCUT2D eigenvalue weighted by atomic mass is 10.0. The molecule has 148 valence electrons. The first-order chi connectivity index (χ1) is 12.8. The molecule has 0 aromatic carbocycles. The molecule has 0 aromatic rings. The van der Waals surface area contributed by atoms with Crippen LogP contribution in [0.25, 0.3) is 0 Å². The predicted octanol–water partition coefficient (Wildman–Crippen LogP) is 6.12. The first-order valence-electron chi connectivity index (χ1n) is 10.8. The Morgan fingerprint density at radius 3 is 1.35 bits per heavy atom. The van der Waals surface area contributed by atoms with Crippen LogP contribution in [0.5, 0.6) is 0 Å². The summed E-state index contributed by atoms with van der Waals surface area (Å²) >= 11 is 0. The topological polar surface area (TPSA) is 67.9 Å². The van der Waals surface area contributed by atoms with E-state index in [2.05, 4.69) is 6.92 Å². The third-order valence-electron chi connectivity index (χ3n) is 4.87. The molecular formula is C22H39N3O. The van der Waals surface area contributed by atoms with Crippen molar-refractivity contribution in [1.29, 1.82) is 10.5 Å². The molecule has 4 heteroatoms. The number of nitriles is 2. The molecule has 0 aromatic heterocycles. The van der Waals surface area contributed by atoms with Gasteiger partial charge in [0, 0.05) is 6.42 Å². The monoisotopic (exact) mass is 361 g/mol. The Morgan fingerprint density at radius 2 is 1.00 bits per heavy atom. The van der Waals surface area contributed by atoms with Gasteiger partial charge in [-0.1, -0.05) is 96.8 Å². The number of amides is 1. The number of rotatable bonds is 18. The van der Waals surface area contributed by atoms with Crippen LogP contribution in [-0.2, 0) is 4.79 Å². The zero-order chi connectivity index (χ0) is 19.3. The van der Waals surface area contributed by atoms with Gasteiger partial charge in [0.1, 0.15) is 13.1 Å². The minimum absolute atomic E-state index is 0.0190. The van der Waals surface area contributed by atoms with Crippen molar-refractivity contribution >= 4 is 5.91 Å². The predicted molar refractivity (Wildman–Crippen MR) is 107 cm³/mol. The van der Waals surface area contributed by atoms with E-state index >= 15 is 0 Å². The highest BCUT2D eigenvalue weighted by atomic mass is 16.2. The molecule has 0 bridgehead atoms. The smallest absolute Gasteiger partial charge is 0.224 e. The number of nitrogens with zero attached hydrogens (tertiary/aromatic N) is 3. The van der Waals surface area contributed by atoms with E-state index in [0.29, 0.717) is 6.42 Å². The van der Waals surface area contributed by atoms with Crippen LogP contribution in [-0.4, -0.2) is 23.9 Å². The molecule has 0 aliphatic carbocycles. The number of carbonyl (C=O) groups is 1. The minimum atomic E-state index is -0.0669. The minimum Gasteiger partial charge on any atom is -0.316 e. The maximum Gasteiger partial charge on any atom is 0.224 e. The number of unbranched alkanes of at least 4 members (excludes halogenated alkanes) is 14. The molecule has 0 radical (unpaired) electrons. The summed E-state index contributed by atoms with van der Waals surface area (Å²) in [5.74, 6) is -0.0669. The number of hydrogen-bond acceptors (Lipinski definition) is 3. The summed E-state index contributed by atoms with van der Waals surface area (Å²) in [7, 11) is 0. The van der Waals surface area contributed by atoms with E-state index in [1.54, 1.807) is 0 Å². The normalized spacial score (nSPS) is 10.3. The average Bonchev–Trinajstić information content (AvgIpc) is 2.64. The van der Waals surface area contributed by atoms with Crippen LogP contribution < -0.4 is 0 Å². The fourth-order valence-electron chi connectivity index (χ4n) is 3.21. The molecule has 0 aliphatic heterocycles. The highest BCUT2D eigenvalue weighted by molar-refractivity contribution is 5.76. The summed E-state index contributed by atoms with van der Waals surface area (Å²) in [5.41, 5.74) is 0. The van der Waals surface area contributed by atoms with Crippen LogP contribution in [0.4, 0.5) is 0 Å². The van der Waals surface area contributed by atoms with E-state index < -0.39 is 0 Å². The van der Waals surface area contributed by atoms with Crippen molar-refractivity contribution in [3.63, 3.8) is 0 Å². The molecule has 0 rings (SSSR count). The Kier molecular flexibility index (Phi) is 18.6. The SMILES string of the molecule is CCCCCCCCCCCCCCCCCC(=O)N(CC#N)CC#N. The first kappa shape index (κ1) is 24.5. The van der Waals surface area contributed by atoms with Gasteiger partial charge in [-0.15, -0.1) is 0 Å². The summed E-state index contributed by atoms with van der Waals surface area (Å²) in [5, 5.41) is 17.3. The summed E-state index contributed by atoms with van der Waals surface area (Å²) in [4.78, 5) is 13.2. The van der Waals surface area contributed by atoms with E-state index in [9.17, 15) is 4.79 Å². The van der Waals surface area contributed by atoms with Crippen molar-refractivity contribution < 1.29 is 4.79 Å². The summed E-state index contributed by atoms with van der Waals surface area (Å²) < 4.78 is 0. The second-order valence-corrected chi connectivity index (χ2v) is 7.27. The van der Waals surface area contributed by atoms with Crippen molar-refractivity contribution in [3.8, 4) is 12.1 Å². The molecule has 0 atom stereocenters. The van der Waals surface area contributed by atoms with Crippen molar-refractivity contribution in [2.24, 2.45) is 0 Å². The van der Waals surface area contributed by atoms with Crippen LogP contribution in [0.3, 0.4) is 0 Å². The lowest BCUT2D eigenvalue weighted by molar-refractivity contribution is -0.130. The van der Waals surface area contributed by atoms with Gasteiger partial charge < -0.3 is 4.90 Å². The fraction of sp³-hybridized carbons (Fsp3) is 0.864. The van der Waals surface area contributed by atoms with Crippen LogP contribution >= 0.6 is 0 Å². The van der Waals surface area contributed by atoms with Gasteiger partial charge in [0.2, 0.25) is 5.91 Å². The highest BCUT2D eigenvalue weighted by Gasteiger charge is 2.11. The van der Waals surface area contributed by atoms with Gasteiger partial charge in [0.25, 0.3) is 0 Å². The molecule has 1 amide bonds. The standard InChI is InChI=1S/C22H39N3O/c1-2-3-4-5-6-7-8-9-10-11-12-13-14-15-16-17-22(26)25(20-18-23)21-19-24/h2-17,20-21H2,1H3. The molecule has 0 saturated carbocycles. The lowest BCUT2D eigenvalue weighted by Crippen LogP contribution is -2.31. The fourth-order valence-corrected chi connectivity index (χ4v) is 3.21. The molecule has 0 N–H and O–H groups in total.